The molecule has 19 heavy (non-hydrogen) atoms. The lowest BCUT2D eigenvalue weighted by molar-refractivity contribution is 0.0794. The van der Waals surface area contributed by atoms with Gasteiger partial charge in [0, 0.05) is 12.5 Å². The summed E-state index contributed by atoms with van der Waals surface area (Å²) in [7, 11) is 0. The maximum atomic E-state index is 13.2. The molecule has 1 aliphatic carbocycles. The number of benzene rings is 1. The molecule has 0 spiro atoms. The molecule has 1 aliphatic heterocycles. The molecule has 1 saturated carbocycles. The van der Waals surface area contributed by atoms with E-state index in [0.29, 0.717) is 23.7 Å². The number of rotatable bonds is 2. The zero-order chi connectivity index (χ0) is 13.2. The summed E-state index contributed by atoms with van der Waals surface area (Å²) in [5, 5.41) is 0. The molecular formula is C16H19FO2. The minimum Gasteiger partial charge on any atom is -0.489 e. The Morgan fingerprint density at radius 2 is 2.00 bits per heavy atom. The van der Waals surface area contributed by atoms with Crippen LogP contribution >= 0.6 is 0 Å². The fraction of sp³-hybridized carbons (Fsp3) is 0.562. The average Bonchev–Trinajstić information content (AvgIpc) is 2.39. The van der Waals surface area contributed by atoms with Crippen molar-refractivity contribution in [2.45, 2.75) is 51.0 Å². The Labute approximate surface area is 113 Å². The third-order valence-corrected chi connectivity index (χ3v) is 4.27. The van der Waals surface area contributed by atoms with Gasteiger partial charge in [0.05, 0.1) is 5.56 Å². The Kier molecular flexibility index (Phi) is 3.54. The van der Waals surface area contributed by atoms with E-state index in [2.05, 4.69) is 0 Å². The van der Waals surface area contributed by atoms with Crippen LogP contribution in [0.2, 0.25) is 0 Å². The van der Waals surface area contributed by atoms with E-state index in [4.69, 9.17) is 4.74 Å². The van der Waals surface area contributed by atoms with E-state index in [1.165, 1.54) is 50.3 Å². The fourth-order valence-electron chi connectivity index (χ4n) is 3.29. The van der Waals surface area contributed by atoms with Gasteiger partial charge in [-0.3, -0.25) is 4.79 Å². The molecule has 3 rings (SSSR count). The lowest BCUT2D eigenvalue weighted by Gasteiger charge is -2.30. The van der Waals surface area contributed by atoms with E-state index in [1.807, 2.05) is 0 Å². The van der Waals surface area contributed by atoms with Crippen LogP contribution in [0.15, 0.2) is 18.2 Å². The first-order chi connectivity index (χ1) is 9.22. The van der Waals surface area contributed by atoms with Crippen molar-refractivity contribution in [2.75, 3.05) is 0 Å². The molecule has 2 aliphatic rings. The highest BCUT2D eigenvalue weighted by atomic mass is 19.1. The van der Waals surface area contributed by atoms with Gasteiger partial charge in [0.15, 0.2) is 5.78 Å². The SMILES string of the molecule is O=C1CC(CC2CCCCC2)Oc2cc(F)ccc21. The van der Waals surface area contributed by atoms with Crippen LogP contribution in [-0.4, -0.2) is 11.9 Å². The predicted molar refractivity (Wildman–Crippen MR) is 71.0 cm³/mol. The van der Waals surface area contributed by atoms with Crippen molar-refractivity contribution in [3.8, 4) is 5.75 Å². The van der Waals surface area contributed by atoms with Crippen LogP contribution in [-0.2, 0) is 0 Å². The molecule has 3 heteroatoms. The van der Waals surface area contributed by atoms with Crippen molar-refractivity contribution in [2.24, 2.45) is 5.92 Å². The molecule has 0 N–H and O–H groups in total. The van der Waals surface area contributed by atoms with Gasteiger partial charge in [0.1, 0.15) is 17.7 Å². The summed E-state index contributed by atoms with van der Waals surface area (Å²) in [5.41, 5.74) is 0.529. The van der Waals surface area contributed by atoms with E-state index >= 15 is 0 Å². The van der Waals surface area contributed by atoms with E-state index in [-0.39, 0.29) is 17.7 Å². The molecule has 1 aromatic rings. The lowest BCUT2D eigenvalue weighted by atomic mass is 9.84. The molecule has 102 valence electrons. The number of ketones is 1. The summed E-state index contributed by atoms with van der Waals surface area (Å²) in [6.45, 7) is 0. The lowest BCUT2D eigenvalue weighted by Crippen LogP contribution is -2.29. The Morgan fingerprint density at radius 1 is 1.21 bits per heavy atom. The number of hydrogen-bond acceptors (Lipinski definition) is 2. The van der Waals surface area contributed by atoms with Crippen molar-refractivity contribution in [3.05, 3.63) is 29.6 Å². The molecule has 1 fully saturated rings. The first-order valence-electron chi connectivity index (χ1n) is 7.22. The third kappa shape index (κ3) is 2.80. The number of carbonyl (C=O) groups is 1. The van der Waals surface area contributed by atoms with Gasteiger partial charge in [0.25, 0.3) is 0 Å². The Bertz CT molecular complexity index is 478. The minimum absolute atomic E-state index is 0.0649. The van der Waals surface area contributed by atoms with Crippen LogP contribution in [0.4, 0.5) is 4.39 Å². The van der Waals surface area contributed by atoms with Gasteiger partial charge in [-0.25, -0.2) is 4.39 Å². The van der Waals surface area contributed by atoms with Gasteiger partial charge in [-0.1, -0.05) is 32.1 Å². The van der Waals surface area contributed by atoms with Gasteiger partial charge < -0.3 is 4.74 Å². The Morgan fingerprint density at radius 3 is 2.79 bits per heavy atom. The first kappa shape index (κ1) is 12.6. The van der Waals surface area contributed by atoms with Crippen LogP contribution in [0.3, 0.4) is 0 Å². The highest BCUT2D eigenvalue weighted by Crippen LogP contribution is 2.34. The molecule has 0 saturated heterocycles. The van der Waals surface area contributed by atoms with Crippen molar-refractivity contribution >= 4 is 5.78 Å². The largest absolute Gasteiger partial charge is 0.489 e. The topological polar surface area (TPSA) is 26.3 Å². The summed E-state index contributed by atoms with van der Waals surface area (Å²) in [6, 6.07) is 4.19. The highest BCUT2D eigenvalue weighted by Gasteiger charge is 2.29. The van der Waals surface area contributed by atoms with Crippen LogP contribution in [0, 0.1) is 11.7 Å². The first-order valence-corrected chi connectivity index (χ1v) is 7.22. The zero-order valence-electron chi connectivity index (χ0n) is 11.0. The van der Waals surface area contributed by atoms with E-state index in [0.717, 1.165) is 6.42 Å². The number of Topliss-reactive ketones (excluding diaryl/α,β-unsaturated/α-hetero) is 1. The van der Waals surface area contributed by atoms with Crippen molar-refractivity contribution < 1.29 is 13.9 Å². The minimum atomic E-state index is -0.343. The maximum absolute atomic E-state index is 13.2. The van der Waals surface area contributed by atoms with Crippen LogP contribution in [0.1, 0.15) is 55.3 Å². The molecule has 0 amide bonds. The van der Waals surface area contributed by atoms with Gasteiger partial charge in [-0.05, 0) is 24.5 Å². The average molecular weight is 262 g/mol. The van der Waals surface area contributed by atoms with Crippen LogP contribution in [0.25, 0.3) is 0 Å². The standard InChI is InChI=1S/C16H19FO2/c17-12-6-7-14-15(18)10-13(19-16(14)9-12)8-11-4-2-1-3-5-11/h6-7,9,11,13H,1-5,8,10H2. The molecule has 0 bridgehead atoms. The normalized spacial score (nSPS) is 23.8. The number of halogens is 1. The summed E-state index contributed by atoms with van der Waals surface area (Å²) >= 11 is 0. The second-order valence-corrected chi connectivity index (χ2v) is 5.75. The van der Waals surface area contributed by atoms with Gasteiger partial charge >= 0.3 is 0 Å². The molecule has 1 heterocycles. The molecule has 0 aromatic heterocycles. The van der Waals surface area contributed by atoms with Crippen LogP contribution < -0.4 is 4.74 Å². The number of fused-ring (bicyclic) bond motifs is 1. The highest BCUT2D eigenvalue weighted by molar-refractivity contribution is 5.99. The molecule has 1 atom stereocenters. The smallest absolute Gasteiger partial charge is 0.170 e. The fourth-order valence-corrected chi connectivity index (χ4v) is 3.29. The zero-order valence-corrected chi connectivity index (χ0v) is 11.0. The quantitative estimate of drug-likeness (QED) is 0.801. The molecule has 2 nitrogen and oxygen atoms in total. The van der Waals surface area contributed by atoms with Crippen LogP contribution in [0.5, 0.6) is 5.75 Å². The maximum Gasteiger partial charge on any atom is 0.170 e. The van der Waals surface area contributed by atoms with Gasteiger partial charge in [0.2, 0.25) is 0 Å². The monoisotopic (exact) mass is 262 g/mol. The van der Waals surface area contributed by atoms with Gasteiger partial charge in [-0.15, -0.1) is 0 Å². The Hall–Kier alpha value is -1.38. The molecule has 1 aromatic carbocycles. The van der Waals surface area contributed by atoms with E-state index in [1.54, 1.807) is 0 Å². The second-order valence-electron chi connectivity index (χ2n) is 5.75. The Balaban J connectivity index is 1.71. The summed E-state index contributed by atoms with van der Waals surface area (Å²) in [6.07, 6.45) is 7.69. The number of carbonyl (C=O) groups excluding carboxylic acids is 1. The third-order valence-electron chi connectivity index (χ3n) is 4.27. The summed E-state index contributed by atoms with van der Waals surface area (Å²) in [4.78, 5) is 12.0. The van der Waals surface area contributed by atoms with Crippen molar-refractivity contribution in [3.63, 3.8) is 0 Å². The predicted octanol–water partition coefficient (Wildman–Crippen LogP) is 4.13. The van der Waals surface area contributed by atoms with E-state index in [9.17, 15) is 9.18 Å². The second kappa shape index (κ2) is 5.32. The molecular weight excluding hydrogens is 243 g/mol. The molecule has 0 radical (unpaired) electrons. The summed E-state index contributed by atoms with van der Waals surface area (Å²) < 4.78 is 19.0. The van der Waals surface area contributed by atoms with Crippen molar-refractivity contribution in [1.29, 1.82) is 0 Å². The number of ether oxygens (including phenoxy) is 1. The van der Waals surface area contributed by atoms with Gasteiger partial charge in [-0.2, -0.15) is 0 Å². The molecule has 1 unspecified atom stereocenters. The summed E-state index contributed by atoms with van der Waals surface area (Å²) in [5.74, 6) is 0.839. The van der Waals surface area contributed by atoms with Crippen molar-refractivity contribution in [1.82, 2.24) is 0 Å². The van der Waals surface area contributed by atoms with E-state index < -0.39 is 0 Å². The number of hydrogen-bond donors (Lipinski definition) is 0.